The molecular formula is C17H11N3. The molecule has 94 valence electrons. The van der Waals surface area contributed by atoms with Crippen LogP contribution in [0.2, 0.25) is 0 Å². The second-order valence-electron chi connectivity index (χ2n) is 5.10. The maximum absolute atomic E-state index is 4.68. The molecule has 20 heavy (non-hydrogen) atoms. The van der Waals surface area contributed by atoms with Crippen molar-refractivity contribution in [3.05, 3.63) is 60.8 Å². The van der Waals surface area contributed by atoms with E-state index in [0.717, 1.165) is 22.2 Å². The Labute approximate surface area is 114 Å². The molecule has 3 aromatic heterocycles. The Balaban J connectivity index is 2.06. The third kappa shape index (κ3) is 1.17. The van der Waals surface area contributed by atoms with E-state index in [1.165, 1.54) is 16.3 Å². The second-order valence-corrected chi connectivity index (χ2v) is 5.10. The van der Waals surface area contributed by atoms with Crippen molar-refractivity contribution in [1.82, 2.24) is 14.4 Å². The maximum Gasteiger partial charge on any atom is 0.140 e. The van der Waals surface area contributed by atoms with Gasteiger partial charge in [-0.05, 0) is 18.2 Å². The SMILES string of the molecule is c1ccc2c(c1)nc1cc3[nH]c4ccccc4c3cn12. The lowest BCUT2D eigenvalue weighted by atomic mass is 10.2. The summed E-state index contributed by atoms with van der Waals surface area (Å²) in [7, 11) is 0. The molecule has 0 saturated heterocycles. The van der Waals surface area contributed by atoms with Gasteiger partial charge in [-0.15, -0.1) is 0 Å². The fourth-order valence-electron chi connectivity index (χ4n) is 3.00. The van der Waals surface area contributed by atoms with Crippen LogP contribution < -0.4 is 0 Å². The van der Waals surface area contributed by atoms with Crippen LogP contribution in [0.4, 0.5) is 0 Å². The molecule has 3 heteroatoms. The minimum atomic E-state index is 0.977. The number of nitrogens with zero attached hydrogens (tertiary/aromatic N) is 2. The van der Waals surface area contributed by atoms with E-state index in [-0.39, 0.29) is 0 Å². The van der Waals surface area contributed by atoms with Crippen molar-refractivity contribution in [2.45, 2.75) is 0 Å². The van der Waals surface area contributed by atoms with Gasteiger partial charge in [-0.1, -0.05) is 30.3 Å². The van der Waals surface area contributed by atoms with E-state index in [9.17, 15) is 0 Å². The lowest BCUT2D eigenvalue weighted by Gasteiger charge is -1.96. The molecular weight excluding hydrogens is 246 g/mol. The van der Waals surface area contributed by atoms with Gasteiger partial charge in [0.25, 0.3) is 0 Å². The minimum Gasteiger partial charge on any atom is -0.354 e. The number of aromatic amines is 1. The summed E-state index contributed by atoms with van der Waals surface area (Å²) in [6, 6.07) is 18.7. The molecule has 2 aromatic carbocycles. The lowest BCUT2D eigenvalue weighted by molar-refractivity contribution is 1.25. The molecule has 0 aliphatic carbocycles. The zero-order valence-electron chi connectivity index (χ0n) is 10.7. The van der Waals surface area contributed by atoms with Crippen molar-refractivity contribution in [3.8, 4) is 0 Å². The average molecular weight is 257 g/mol. The van der Waals surface area contributed by atoms with Gasteiger partial charge < -0.3 is 4.98 Å². The van der Waals surface area contributed by atoms with Crippen LogP contribution in [0.5, 0.6) is 0 Å². The normalized spacial score (nSPS) is 12.0. The van der Waals surface area contributed by atoms with Crippen molar-refractivity contribution in [3.63, 3.8) is 0 Å². The number of fused-ring (bicyclic) bond motifs is 6. The van der Waals surface area contributed by atoms with Crippen molar-refractivity contribution in [2.24, 2.45) is 0 Å². The summed E-state index contributed by atoms with van der Waals surface area (Å²) in [6.07, 6.45) is 2.18. The fraction of sp³-hybridized carbons (Fsp3) is 0. The maximum atomic E-state index is 4.68. The summed E-state index contributed by atoms with van der Waals surface area (Å²) in [5, 5.41) is 2.48. The molecule has 5 aromatic rings. The van der Waals surface area contributed by atoms with E-state index in [0.29, 0.717) is 0 Å². The standard InChI is InChI=1S/C17H11N3/c1-2-6-13-11(5-1)12-10-20-16-8-4-3-7-14(16)19-17(20)9-15(12)18-13/h1-10,18H. The monoisotopic (exact) mass is 257 g/mol. The predicted molar refractivity (Wildman–Crippen MR) is 82.1 cm³/mol. The molecule has 0 amide bonds. The molecule has 3 nitrogen and oxygen atoms in total. The number of rotatable bonds is 0. The zero-order valence-corrected chi connectivity index (χ0v) is 10.7. The Morgan fingerprint density at radius 1 is 0.850 bits per heavy atom. The third-order valence-corrected chi connectivity index (χ3v) is 3.93. The number of hydrogen-bond acceptors (Lipinski definition) is 1. The van der Waals surface area contributed by atoms with E-state index in [4.69, 9.17) is 0 Å². The molecule has 0 bridgehead atoms. The first-order valence-electron chi connectivity index (χ1n) is 6.67. The van der Waals surface area contributed by atoms with Gasteiger partial charge in [0.05, 0.1) is 16.6 Å². The largest absolute Gasteiger partial charge is 0.354 e. The molecule has 0 unspecified atom stereocenters. The summed E-state index contributed by atoms with van der Waals surface area (Å²) in [6.45, 7) is 0. The number of aromatic nitrogens is 3. The van der Waals surface area contributed by atoms with Gasteiger partial charge in [-0.25, -0.2) is 4.98 Å². The predicted octanol–water partition coefficient (Wildman–Crippen LogP) is 4.12. The molecule has 0 atom stereocenters. The average Bonchev–Trinajstić information content (AvgIpc) is 3.02. The Hall–Kier alpha value is -2.81. The van der Waals surface area contributed by atoms with Crippen molar-refractivity contribution >= 4 is 38.5 Å². The lowest BCUT2D eigenvalue weighted by Crippen LogP contribution is -1.83. The summed E-state index contributed by atoms with van der Waals surface area (Å²) in [4.78, 5) is 8.14. The van der Waals surface area contributed by atoms with Crippen molar-refractivity contribution < 1.29 is 0 Å². The highest BCUT2D eigenvalue weighted by Crippen LogP contribution is 2.27. The first kappa shape index (κ1) is 10.0. The first-order valence-corrected chi connectivity index (χ1v) is 6.67. The Morgan fingerprint density at radius 2 is 1.70 bits per heavy atom. The van der Waals surface area contributed by atoms with Crippen LogP contribution in [0.3, 0.4) is 0 Å². The van der Waals surface area contributed by atoms with Crippen LogP contribution in [0.1, 0.15) is 0 Å². The minimum absolute atomic E-state index is 0.977. The van der Waals surface area contributed by atoms with Gasteiger partial charge in [0, 0.05) is 28.6 Å². The summed E-state index contributed by atoms with van der Waals surface area (Å²) in [5.74, 6) is 0. The van der Waals surface area contributed by atoms with Gasteiger partial charge in [0.15, 0.2) is 0 Å². The van der Waals surface area contributed by atoms with E-state index in [2.05, 4.69) is 69.1 Å². The van der Waals surface area contributed by atoms with E-state index < -0.39 is 0 Å². The Bertz CT molecular complexity index is 1010. The van der Waals surface area contributed by atoms with E-state index in [1.54, 1.807) is 0 Å². The topological polar surface area (TPSA) is 33.1 Å². The number of nitrogens with one attached hydrogen (secondary N) is 1. The number of benzene rings is 2. The third-order valence-electron chi connectivity index (χ3n) is 3.93. The summed E-state index contributed by atoms with van der Waals surface area (Å²) >= 11 is 0. The van der Waals surface area contributed by atoms with E-state index >= 15 is 0 Å². The molecule has 0 radical (unpaired) electrons. The smallest absolute Gasteiger partial charge is 0.140 e. The number of imidazole rings is 1. The zero-order chi connectivity index (χ0) is 13.1. The van der Waals surface area contributed by atoms with E-state index in [1.807, 2.05) is 6.07 Å². The Kier molecular flexibility index (Phi) is 1.70. The molecule has 1 N–H and O–H groups in total. The van der Waals surface area contributed by atoms with Gasteiger partial charge in [0.1, 0.15) is 5.65 Å². The fourth-order valence-corrected chi connectivity index (χ4v) is 3.00. The summed E-state index contributed by atoms with van der Waals surface area (Å²) in [5.41, 5.74) is 5.46. The Morgan fingerprint density at radius 3 is 2.70 bits per heavy atom. The van der Waals surface area contributed by atoms with Crippen LogP contribution in [0.15, 0.2) is 60.8 Å². The molecule has 0 aliphatic rings. The molecule has 0 spiro atoms. The first-order chi connectivity index (χ1) is 9.90. The van der Waals surface area contributed by atoms with Crippen molar-refractivity contribution in [1.29, 1.82) is 0 Å². The number of pyridine rings is 1. The van der Waals surface area contributed by atoms with Crippen molar-refractivity contribution in [2.75, 3.05) is 0 Å². The highest BCUT2D eigenvalue weighted by Gasteiger charge is 2.08. The van der Waals surface area contributed by atoms with Crippen LogP contribution in [0.25, 0.3) is 38.5 Å². The molecule has 0 fully saturated rings. The quantitative estimate of drug-likeness (QED) is 0.444. The number of hydrogen-bond donors (Lipinski definition) is 1. The highest BCUT2D eigenvalue weighted by molar-refractivity contribution is 6.08. The van der Waals surface area contributed by atoms with Crippen LogP contribution >= 0.6 is 0 Å². The number of H-pyrrole nitrogens is 1. The second kappa shape index (κ2) is 3.39. The van der Waals surface area contributed by atoms with Gasteiger partial charge in [-0.3, -0.25) is 4.40 Å². The van der Waals surface area contributed by atoms with Crippen LogP contribution in [0, 0.1) is 0 Å². The number of para-hydroxylation sites is 3. The molecule has 0 saturated carbocycles. The molecule has 5 rings (SSSR count). The van der Waals surface area contributed by atoms with Crippen LogP contribution in [-0.4, -0.2) is 14.4 Å². The van der Waals surface area contributed by atoms with Gasteiger partial charge >= 0.3 is 0 Å². The molecule has 0 aliphatic heterocycles. The summed E-state index contributed by atoms with van der Waals surface area (Å²) < 4.78 is 2.16. The van der Waals surface area contributed by atoms with Crippen LogP contribution in [-0.2, 0) is 0 Å². The van der Waals surface area contributed by atoms with Gasteiger partial charge in [-0.2, -0.15) is 0 Å². The highest BCUT2D eigenvalue weighted by atomic mass is 15.0. The molecule has 3 heterocycles. The van der Waals surface area contributed by atoms with Gasteiger partial charge in [0.2, 0.25) is 0 Å².